The normalized spacial score (nSPS) is 10.6. The average Bonchev–Trinajstić information content (AvgIpc) is 2.46. The molecule has 1 aromatic carbocycles. The maximum absolute atomic E-state index is 12.1. The summed E-state index contributed by atoms with van der Waals surface area (Å²) >= 11 is 0. The molecule has 5 nitrogen and oxygen atoms in total. The summed E-state index contributed by atoms with van der Waals surface area (Å²) < 4.78 is 28.8. The van der Waals surface area contributed by atoms with Gasteiger partial charge in [0, 0.05) is 18.4 Å². The third-order valence-electron chi connectivity index (χ3n) is 2.97. The van der Waals surface area contributed by atoms with Crippen molar-refractivity contribution in [2.45, 2.75) is 50.8 Å². The predicted molar refractivity (Wildman–Crippen MR) is 85.6 cm³/mol. The molecule has 0 saturated heterocycles. The molecule has 1 aromatic rings. The monoisotopic (exact) mass is 336 g/mol. The summed E-state index contributed by atoms with van der Waals surface area (Å²) in [6.45, 7) is 3.62. The summed E-state index contributed by atoms with van der Waals surface area (Å²) in [5.74, 6) is -1.10. The van der Waals surface area contributed by atoms with Crippen molar-refractivity contribution >= 4 is 51.4 Å². The van der Waals surface area contributed by atoms with Gasteiger partial charge in [-0.25, -0.2) is 0 Å². The Hall–Kier alpha value is -0.690. The van der Waals surface area contributed by atoms with Crippen molar-refractivity contribution in [3.63, 3.8) is 0 Å². The van der Waals surface area contributed by atoms with E-state index in [9.17, 15) is 18.0 Å². The second kappa shape index (κ2) is 10.2. The van der Waals surface area contributed by atoms with Crippen LogP contribution in [0.5, 0.6) is 0 Å². The number of rotatable bonds is 8. The number of ketones is 1. The van der Waals surface area contributed by atoms with Crippen LogP contribution in [0.15, 0.2) is 29.2 Å². The summed E-state index contributed by atoms with van der Waals surface area (Å²) in [5.41, 5.74) is 0.0568. The zero-order valence-corrected chi connectivity index (χ0v) is 13.1. The first-order valence-electron chi connectivity index (χ1n) is 7.02. The Balaban J connectivity index is 0.00000441. The van der Waals surface area contributed by atoms with Gasteiger partial charge >= 0.3 is 45.6 Å². The van der Waals surface area contributed by atoms with E-state index < -0.39 is 16.1 Å². The fraction of sp³-hybridized carbons (Fsp3) is 0.467. The van der Waals surface area contributed by atoms with Crippen molar-refractivity contribution in [3.05, 3.63) is 29.8 Å². The molecule has 118 valence electrons. The van der Waals surface area contributed by atoms with E-state index in [-0.39, 0.29) is 58.6 Å². The fourth-order valence-electron chi connectivity index (χ4n) is 1.83. The van der Waals surface area contributed by atoms with Crippen LogP contribution in [0.25, 0.3) is 0 Å². The van der Waals surface area contributed by atoms with Gasteiger partial charge in [0.2, 0.25) is 0 Å². The first kappa shape index (κ1) is 21.3. The second-order valence-corrected chi connectivity index (χ2v) is 6.15. The van der Waals surface area contributed by atoms with E-state index in [0.29, 0.717) is 6.42 Å². The van der Waals surface area contributed by atoms with Gasteiger partial charge in [0.15, 0.2) is 5.78 Å². The topological polar surface area (TPSA) is 77.5 Å². The standard InChI is InChI=1S/C15H20O5S.Na.H/c1-3-5-6-11-15(17)20-21(18,19)14-10-8-7-9-12(14)13(16)4-2;;/h7-10H,3-6,11H2,1-2H3;;. The van der Waals surface area contributed by atoms with E-state index in [1.807, 2.05) is 6.92 Å². The van der Waals surface area contributed by atoms with Crippen LogP contribution in [0.4, 0.5) is 0 Å². The number of carbonyl (C=O) groups excluding carboxylic acids is 2. The SMILES string of the molecule is CCCCCC(=O)OS(=O)(=O)c1ccccc1C(=O)CC.[NaH]. The Kier molecular flexibility index (Phi) is 9.84. The molecule has 0 fully saturated rings. The van der Waals surface area contributed by atoms with Gasteiger partial charge in [-0.1, -0.05) is 38.8 Å². The average molecular weight is 336 g/mol. The van der Waals surface area contributed by atoms with Crippen LogP contribution in [0.2, 0.25) is 0 Å². The first-order chi connectivity index (χ1) is 9.92. The van der Waals surface area contributed by atoms with Gasteiger partial charge in [0.05, 0.1) is 0 Å². The van der Waals surface area contributed by atoms with Crippen molar-refractivity contribution in [3.8, 4) is 0 Å². The molecule has 0 aliphatic heterocycles. The van der Waals surface area contributed by atoms with Gasteiger partial charge in [-0.15, -0.1) is 0 Å². The molecule has 0 aromatic heterocycles. The predicted octanol–water partition coefficient (Wildman–Crippen LogP) is 2.44. The van der Waals surface area contributed by atoms with E-state index in [1.54, 1.807) is 13.0 Å². The van der Waals surface area contributed by atoms with Gasteiger partial charge in [0.1, 0.15) is 4.90 Å². The molecular weight excluding hydrogens is 315 g/mol. The fourth-order valence-corrected chi connectivity index (χ4v) is 2.95. The molecule has 0 N–H and O–H groups in total. The molecule has 0 aliphatic carbocycles. The molecular formula is C15H21NaO5S. The van der Waals surface area contributed by atoms with Gasteiger partial charge in [-0.2, -0.15) is 8.42 Å². The third-order valence-corrected chi connectivity index (χ3v) is 4.27. The summed E-state index contributed by atoms with van der Waals surface area (Å²) in [6.07, 6.45) is 2.57. The van der Waals surface area contributed by atoms with Gasteiger partial charge in [0.25, 0.3) is 0 Å². The number of hydrogen-bond donors (Lipinski definition) is 0. The molecule has 0 bridgehead atoms. The van der Waals surface area contributed by atoms with Crippen molar-refractivity contribution in [1.29, 1.82) is 0 Å². The molecule has 22 heavy (non-hydrogen) atoms. The zero-order valence-electron chi connectivity index (χ0n) is 12.3. The molecule has 0 atom stereocenters. The van der Waals surface area contributed by atoms with Gasteiger partial charge in [-0.3, -0.25) is 9.59 Å². The van der Waals surface area contributed by atoms with Crippen molar-refractivity contribution < 1.29 is 22.2 Å². The second-order valence-electron chi connectivity index (χ2n) is 4.64. The summed E-state index contributed by atoms with van der Waals surface area (Å²) in [6, 6.07) is 5.76. The zero-order chi connectivity index (χ0) is 15.9. The van der Waals surface area contributed by atoms with E-state index in [0.717, 1.165) is 12.8 Å². The minimum atomic E-state index is -4.25. The van der Waals surface area contributed by atoms with E-state index in [2.05, 4.69) is 4.18 Å². The number of carbonyl (C=O) groups is 2. The Morgan fingerprint density at radius 2 is 1.73 bits per heavy atom. The van der Waals surface area contributed by atoms with Crippen LogP contribution < -0.4 is 0 Å². The molecule has 0 saturated carbocycles. The van der Waals surface area contributed by atoms with Gasteiger partial charge in [-0.05, 0) is 18.6 Å². The Morgan fingerprint density at radius 3 is 2.32 bits per heavy atom. The molecule has 1 rings (SSSR count). The van der Waals surface area contributed by atoms with E-state index >= 15 is 0 Å². The summed E-state index contributed by atoms with van der Waals surface area (Å²) in [7, 11) is -4.25. The Labute approximate surface area is 153 Å². The molecule has 0 amide bonds. The van der Waals surface area contributed by atoms with Crippen LogP contribution in [0.3, 0.4) is 0 Å². The van der Waals surface area contributed by atoms with Crippen LogP contribution in [0, 0.1) is 0 Å². The Morgan fingerprint density at radius 1 is 1.09 bits per heavy atom. The van der Waals surface area contributed by atoms with Crippen LogP contribution in [-0.4, -0.2) is 49.7 Å². The Bertz CT molecular complexity index is 610. The van der Waals surface area contributed by atoms with Crippen molar-refractivity contribution in [1.82, 2.24) is 0 Å². The molecule has 0 aliphatic rings. The van der Waals surface area contributed by atoms with E-state index in [4.69, 9.17) is 0 Å². The summed E-state index contributed by atoms with van der Waals surface area (Å²) in [4.78, 5) is 23.1. The third kappa shape index (κ3) is 6.20. The maximum atomic E-state index is 12.1. The number of benzene rings is 1. The van der Waals surface area contributed by atoms with Crippen LogP contribution in [-0.2, 0) is 19.1 Å². The van der Waals surface area contributed by atoms with E-state index in [1.165, 1.54) is 18.2 Å². The molecule has 0 spiro atoms. The quantitative estimate of drug-likeness (QED) is 0.315. The number of hydrogen-bond acceptors (Lipinski definition) is 5. The van der Waals surface area contributed by atoms with Gasteiger partial charge < -0.3 is 4.18 Å². The van der Waals surface area contributed by atoms with Crippen molar-refractivity contribution in [2.75, 3.05) is 0 Å². The molecule has 0 unspecified atom stereocenters. The van der Waals surface area contributed by atoms with Crippen LogP contribution >= 0.6 is 0 Å². The minimum absolute atomic E-state index is 0. The molecule has 0 radical (unpaired) electrons. The molecule has 0 heterocycles. The molecule has 7 heteroatoms. The summed E-state index contributed by atoms with van der Waals surface area (Å²) in [5, 5.41) is 0. The first-order valence-corrected chi connectivity index (χ1v) is 8.42. The van der Waals surface area contributed by atoms with Crippen molar-refractivity contribution in [2.24, 2.45) is 0 Å². The number of unbranched alkanes of at least 4 members (excludes halogenated alkanes) is 2. The number of Topliss-reactive ketones (excluding diaryl/α,β-unsaturated/α-hetero) is 1. The van der Waals surface area contributed by atoms with Crippen LogP contribution in [0.1, 0.15) is 56.3 Å².